The third-order valence-corrected chi connectivity index (χ3v) is 7.15. The molecule has 0 saturated heterocycles. The maximum Gasteiger partial charge on any atom is 0.446 e. The Balaban J connectivity index is 1.52. The van der Waals surface area contributed by atoms with E-state index in [0.29, 0.717) is 5.56 Å². The summed E-state index contributed by atoms with van der Waals surface area (Å²) >= 11 is -0.284. The molecule has 3 N–H and O–H groups in total. The molecular formula is C24H22F3N5O4S2. The molecule has 0 aliphatic rings. The average Bonchev–Trinajstić information content (AvgIpc) is 3.06. The van der Waals surface area contributed by atoms with E-state index >= 15 is 0 Å². The predicted molar refractivity (Wildman–Crippen MR) is 138 cm³/mol. The van der Waals surface area contributed by atoms with Crippen molar-refractivity contribution in [3.05, 3.63) is 100 Å². The number of nitrogens with one attached hydrogen (secondary N) is 2. The lowest BCUT2D eigenvalue weighted by atomic mass is 10.2. The second-order valence-corrected chi connectivity index (χ2v) is 10.8. The van der Waals surface area contributed by atoms with Crippen molar-refractivity contribution in [2.24, 2.45) is 0 Å². The number of thioether (sulfide) groups is 1. The first-order valence-electron chi connectivity index (χ1n) is 11.1. The molecule has 9 nitrogen and oxygen atoms in total. The number of imidazole rings is 1. The maximum atomic E-state index is 13.1. The minimum Gasteiger partial charge on any atom is -0.493 e. The van der Waals surface area contributed by atoms with Crippen LogP contribution in [0.5, 0.6) is 5.88 Å². The van der Waals surface area contributed by atoms with Crippen molar-refractivity contribution >= 4 is 27.8 Å². The highest BCUT2D eigenvalue weighted by molar-refractivity contribution is 8.00. The Kier molecular flexibility index (Phi) is 7.85. The van der Waals surface area contributed by atoms with Crippen LogP contribution in [-0.4, -0.2) is 33.2 Å². The van der Waals surface area contributed by atoms with E-state index in [9.17, 15) is 31.5 Å². The lowest BCUT2D eigenvalue weighted by Gasteiger charge is -2.10. The van der Waals surface area contributed by atoms with Crippen LogP contribution in [0, 0.1) is 6.92 Å². The van der Waals surface area contributed by atoms with Crippen molar-refractivity contribution in [2.45, 2.75) is 30.4 Å². The van der Waals surface area contributed by atoms with Gasteiger partial charge in [0.05, 0.1) is 17.9 Å². The van der Waals surface area contributed by atoms with Crippen molar-refractivity contribution in [3.63, 3.8) is 0 Å². The number of aromatic hydroxyl groups is 1. The van der Waals surface area contributed by atoms with Crippen molar-refractivity contribution in [1.82, 2.24) is 18.8 Å². The fourth-order valence-corrected chi connectivity index (χ4v) is 4.97. The van der Waals surface area contributed by atoms with Gasteiger partial charge in [-0.25, -0.2) is 14.3 Å². The fourth-order valence-electron chi connectivity index (χ4n) is 3.61. The minimum atomic E-state index is -4.45. The van der Waals surface area contributed by atoms with E-state index in [1.54, 1.807) is 30.3 Å². The summed E-state index contributed by atoms with van der Waals surface area (Å²) in [6.45, 7) is 1.56. The van der Waals surface area contributed by atoms with Gasteiger partial charge in [0.15, 0.2) is 0 Å². The van der Waals surface area contributed by atoms with E-state index in [4.69, 9.17) is 0 Å². The summed E-state index contributed by atoms with van der Waals surface area (Å²) in [6, 6.07) is 17.0. The van der Waals surface area contributed by atoms with Crippen LogP contribution in [0.15, 0.2) is 82.6 Å². The van der Waals surface area contributed by atoms with Gasteiger partial charge < -0.3 is 5.11 Å². The monoisotopic (exact) mass is 565 g/mol. The fraction of sp³-hybridized carbons (Fsp3) is 0.167. The molecule has 0 unspecified atom stereocenters. The zero-order chi connectivity index (χ0) is 27.5. The standard InChI is InChI=1S/C24H22F3N5O4S2/c1-16-22(33)32(19-7-9-20(10-8-19)37-24(25,26)27)23(34)31(16)15-18-11-12-28-21(13-18)30-38(35,36)29-14-17-5-3-2-4-6-17/h2-13,29,33H,14-15H2,1H3,(H,28,30). The van der Waals surface area contributed by atoms with Gasteiger partial charge in [0.25, 0.3) is 0 Å². The van der Waals surface area contributed by atoms with E-state index in [0.717, 1.165) is 10.1 Å². The number of halogens is 3. The highest BCUT2D eigenvalue weighted by Crippen LogP contribution is 2.37. The molecule has 0 radical (unpaired) electrons. The summed E-state index contributed by atoms with van der Waals surface area (Å²) in [5.74, 6) is -0.346. The number of rotatable bonds is 9. The lowest BCUT2D eigenvalue weighted by molar-refractivity contribution is -0.0328. The minimum absolute atomic E-state index is 0.0233. The number of hydrogen-bond acceptors (Lipinski definition) is 6. The van der Waals surface area contributed by atoms with E-state index in [1.807, 2.05) is 6.07 Å². The number of nitrogens with zero attached hydrogens (tertiary/aromatic N) is 3. The van der Waals surface area contributed by atoms with Crippen LogP contribution in [0.3, 0.4) is 0 Å². The highest BCUT2D eigenvalue weighted by atomic mass is 32.2. The Labute approximate surface area is 220 Å². The Bertz CT molecular complexity index is 1590. The normalized spacial score (nSPS) is 12.0. The molecule has 0 fully saturated rings. The van der Waals surface area contributed by atoms with Gasteiger partial charge in [-0.05, 0) is 66.2 Å². The van der Waals surface area contributed by atoms with Crippen molar-refractivity contribution < 1.29 is 26.7 Å². The number of anilines is 1. The molecule has 0 spiro atoms. The highest BCUT2D eigenvalue weighted by Gasteiger charge is 2.29. The van der Waals surface area contributed by atoms with Crippen LogP contribution in [0.25, 0.3) is 5.69 Å². The third kappa shape index (κ3) is 6.76. The first-order valence-corrected chi connectivity index (χ1v) is 13.4. The molecule has 2 heterocycles. The molecule has 0 aliphatic carbocycles. The molecule has 2 aromatic carbocycles. The van der Waals surface area contributed by atoms with Crippen LogP contribution in [0.1, 0.15) is 16.8 Å². The van der Waals surface area contributed by atoms with Crippen molar-refractivity contribution in [3.8, 4) is 11.6 Å². The largest absolute Gasteiger partial charge is 0.493 e. The number of benzene rings is 2. The Morgan fingerprint density at radius 2 is 1.71 bits per heavy atom. The van der Waals surface area contributed by atoms with E-state index < -0.39 is 21.4 Å². The molecule has 200 valence electrons. The smallest absolute Gasteiger partial charge is 0.446 e. The lowest BCUT2D eigenvalue weighted by Crippen LogP contribution is -2.30. The summed E-state index contributed by atoms with van der Waals surface area (Å²) in [5, 5.41) is 10.6. The van der Waals surface area contributed by atoms with Gasteiger partial charge in [-0.2, -0.15) is 26.3 Å². The average molecular weight is 566 g/mol. The second kappa shape index (κ2) is 10.9. The van der Waals surface area contributed by atoms with E-state index in [1.165, 1.54) is 48.0 Å². The zero-order valence-corrected chi connectivity index (χ0v) is 21.4. The molecule has 0 aliphatic heterocycles. The van der Waals surface area contributed by atoms with Crippen LogP contribution < -0.4 is 15.1 Å². The Hall–Kier alpha value is -3.75. The maximum absolute atomic E-state index is 13.1. The number of pyridine rings is 1. The number of aromatic nitrogens is 3. The van der Waals surface area contributed by atoms with E-state index in [-0.39, 0.29) is 52.8 Å². The van der Waals surface area contributed by atoms with Crippen LogP contribution in [0.4, 0.5) is 19.0 Å². The first kappa shape index (κ1) is 27.3. The molecular weight excluding hydrogens is 543 g/mol. The third-order valence-electron chi connectivity index (χ3n) is 5.40. The predicted octanol–water partition coefficient (Wildman–Crippen LogP) is 4.15. The van der Waals surface area contributed by atoms with Gasteiger partial charge >= 0.3 is 21.4 Å². The summed E-state index contributed by atoms with van der Waals surface area (Å²) in [7, 11) is -3.94. The SMILES string of the molecule is Cc1c(O)n(-c2ccc(SC(F)(F)F)cc2)c(=O)n1Cc1ccnc(NS(=O)(=O)NCc2ccccc2)c1. The summed E-state index contributed by atoms with van der Waals surface area (Å²) in [6.07, 6.45) is 1.37. The molecule has 2 aromatic heterocycles. The van der Waals surface area contributed by atoms with Gasteiger partial charge in [0.1, 0.15) is 5.82 Å². The molecule has 4 aromatic rings. The van der Waals surface area contributed by atoms with Crippen LogP contribution >= 0.6 is 11.8 Å². The van der Waals surface area contributed by atoms with Gasteiger partial charge in [-0.1, -0.05) is 30.3 Å². The second-order valence-electron chi connectivity index (χ2n) is 8.12. The quantitative estimate of drug-likeness (QED) is 0.263. The summed E-state index contributed by atoms with van der Waals surface area (Å²) in [4.78, 5) is 17.1. The van der Waals surface area contributed by atoms with Crippen molar-refractivity contribution in [1.29, 1.82) is 0 Å². The molecule has 0 bridgehead atoms. The summed E-state index contributed by atoms with van der Waals surface area (Å²) < 4.78 is 69.7. The van der Waals surface area contributed by atoms with E-state index in [2.05, 4.69) is 14.4 Å². The molecule has 0 atom stereocenters. The number of alkyl halides is 3. The molecule has 4 rings (SSSR count). The summed E-state index contributed by atoms with van der Waals surface area (Å²) in [5.41, 5.74) is -3.39. The van der Waals surface area contributed by atoms with Gasteiger partial charge in [-0.15, -0.1) is 0 Å². The zero-order valence-electron chi connectivity index (χ0n) is 19.8. The number of hydrogen-bond donors (Lipinski definition) is 3. The molecule has 38 heavy (non-hydrogen) atoms. The van der Waals surface area contributed by atoms with Gasteiger partial charge in [-0.3, -0.25) is 9.29 Å². The Morgan fingerprint density at radius 1 is 1.03 bits per heavy atom. The van der Waals surface area contributed by atoms with Gasteiger partial charge in [0, 0.05) is 17.6 Å². The molecule has 0 saturated carbocycles. The van der Waals surface area contributed by atoms with Crippen LogP contribution in [0.2, 0.25) is 0 Å². The first-order chi connectivity index (χ1) is 17.9. The van der Waals surface area contributed by atoms with Crippen molar-refractivity contribution in [2.75, 3.05) is 4.72 Å². The van der Waals surface area contributed by atoms with Crippen LogP contribution in [-0.2, 0) is 23.3 Å². The Morgan fingerprint density at radius 3 is 2.37 bits per heavy atom. The molecule has 14 heteroatoms. The topological polar surface area (TPSA) is 118 Å². The van der Waals surface area contributed by atoms with Gasteiger partial charge in [0.2, 0.25) is 5.88 Å². The molecule has 0 amide bonds.